The molecule has 1 aliphatic rings. The van der Waals surface area contributed by atoms with Gasteiger partial charge in [-0.3, -0.25) is 9.59 Å². The molecule has 0 spiro atoms. The van der Waals surface area contributed by atoms with Gasteiger partial charge in [0.1, 0.15) is 11.4 Å². The number of hydrogen-bond acceptors (Lipinski definition) is 6. The average Bonchev–Trinajstić information content (AvgIpc) is 3.03. The lowest BCUT2D eigenvalue weighted by Crippen LogP contribution is -2.48. The SMILES string of the molecule is CC(=O)[C@]1([C@@H](NC(=O)OC(C)(C)C)c2cccs2)CCOC1=O. The zero-order valence-corrected chi connectivity index (χ0v) is 14.5. The van der Waals surface area contributed by atoms with Gasteiger partial charge in [0.05, 0.1) is 12.6 Å². The van der Waals surface area contributed by atoms with Crippen LogP contribution in [0.1, 0.15) is 45.0 Å². The first-order valence-corrected chi connectivity index (χ1v) is 8.26. The summed E-state index contributed by atoms with van der Waals surface area (Å²) in [4.78, 5) is 37.5. The van der Waals surface area contributed by atoms with Crippen molar-refractivity contribution in [3.8, 4) is 0 Å². The maximum atomic E-state index is 12.3. The van der Waals surface area contributed by atoms with Gasteiger partial charge in [-0.25, -0.2) is 4.79 Å². The van der Waals surface area contributed by atoms with E-state index in [-0.39, 0.29) is 18.8 Å². The van der Waals surface area contributed by atoms with Crippen molar-refractivity contribution in [3.63, 3.8) is 0 Å². The van der Waals surface area contributed by atoms with Gasteiger partial charge in [0.25, 0.3) is 0 Å². The second-order valence-corrected chi connectivity index (χ2v) is 7.49. The van der Waals surface area contributed by atoms with Crippen molar-refractivity contribution in [1.82, 2.24) is 5.32 Å². The van der Waals surface area contributed by atoms with Crippen molar-refractivity contribution < 1.29 is 23.9 Å². The first kappa shape index (κ1) is 17.5. The summed E-state index contributed by atoms with van der Waals surface area (Å²) >= 11 is 1.37. The number of carbonyl (C=O) groups excluding carboxylic acids is 3. The second-order valence-electron chi connectivity index (χ2n) is 6.51. The van der Waals surface area contributed by atoms with Crippen LogP contribution >= 0.6 is 11.3 Å². The zero-order valence-electron chi connectivity index (χ0n) is 13.7. The maximum absolute atomic E-state index is 12.3. The zero-order chi connectivity index (χ0) is 17.3. The van der Waals surface area contributed by atoms with Crippen molar-refractivity contribution in [2.45, 2.75) is 45.8 Å². The fraction of sp³-hybridized carbons (Fsp3) is 0.562. The number of ether oxygens (including phenoxy) is 2. The molecule has 126 valence electrons. The van der Waals surface area contributed by atoms with E-state index in [1.807, 2.05) is 5.38 Å². The highest BCUT2D eigenvalue weighted by atomic mass is 32.1. The number of alkyl carbamates (subject to hydrolysis) is 1. The summed E-state index contributed by atoms with van der Waals surface area (Å²) in [7, 11) is 0. The Hall–Kier alpha value is -1.89. The van der Waals surface area contributed by atoms with Crippen LogP contribution in [0.5, 0.6) is 0 Å². The van der Waals surface area contributed by atoms with Crippen molar-refractivity contribution in [2.75, 3.05) is 6.61 Å². The maximum Gasteiger partial charge on any atom is 0.408 e. The molecule has 0 saturated carbocycles. The largest absolute Gasteiger partial charge is 0.465 e. The number of thiophene rings is 1. The molecule has 23 heavy (non-hydrogen) atoms. The highest BCUT2D eigenvalue weighted by Gasteiger charge is 2.56. The van der Waals surface area contributed by atoms with Crippen LogP contribution < -0.4 is 5.32 Å². The number of ketones is 1. The van der Waals surface area contributed by atoms with Crippen LogP contribution in [0.2, 0.25) is 0 Å². The molecule has 2 atom stereocenters. The summed E-state index contributed by atoms with van der Waals surface area (Å²) in [5.41, 5.74) is -2.08. The second kappa shape index (κ2) is 6.31. The Morgan fingerprint density at radius 3 is 2.57 bits per heavy atom. The van der Waals surface area contributed by atoms with Gasteiger partial charge in [0, 0.05) is 11.3 Å². The third-order valence-corrected chi connectivity index (χ3v) is 4.64. The Bertz CT molecular complexity index is 604. The lowest BCUT2D eigenvalue weighted by Gasteiger charge is -2.32. The number of Topliss-reactive ketones (excluding diaryl/α,β-unsaturated/α-hetero) is 1. The summed E-state index contributed by atoms with van der Waals surface area (Å²) in [6, 6.07) is 2.78. The number of nitrogens with one attached hydrogen (secondary N) is 1. The van der Waals surface area contributed by atoms with E-state index in [4.69, 9.17) is 9.47 Å². The van der Waals surface area contributed by atoms with E-state index in [1.54, 1.807) is 32.9 Å². The fourth-order valence-corrected chi connectivity index (χ4v) is 3.51. The molecule has 1 aliphatic heterocycles. The topological polar surface area (TPSA) is 81.7 Å². The summed E-state index contributed by atoms with van der Waals surface area (Å²) < 4.78 is 10.3. The summed E-state index contributed by atoms with van der Waals surface area (Å²) in [5.74, 6) is -0.922. The van der Waals surface area contributed by atoms with E-state index in [2.05, 4.69) is 5.32 Å². The van der Waals surface area contributed by atoms with Crippen molar-refractivity contribution in [2.24, 2.45) is 5.41 Å². The number of esters is 1. The van der Waals surface area contributed by atoms with Crippen LogP contribution in [-0.4, -0.2) is 30.1 Å². The summed E-state index contributed by atoms with van der Waals surface area (Å²) in [6.45, 7) is 6.76. The molecule has 7 heteroatoms. The molecule has 1 aromatic heterocycles. The molecule has 0 bridgehead atoms. The summed E-state index contributed by atoms with van der Waals surface area (Å²) in [6.07, 6.45) is -0.435. The molecule has 0 aromatic carbocycles. The van der Waals surface area contributed by atoms with Crippen molar-refractivity contribution in [3.05, 3.63) is 22.4 Å². The molecule has 1 aromatic rings. The highest BCUT2D eigenvalue weighted by molar-refractivity contribution is 7.10. The molecule has 2 rings (SSSR count). The Kier molecular flexibility index (Phi) is 4.79. The van der Waals surface area contributed by atoms with E-state index < -0.39 is 29.1 Å². The van der Waals surface area contributed by atoms with Gasteiger partial charge in [-0.15, -0.1) is 11.3 Å². The van der Waals surface area contributed by atoms with E-state index in [9.17, 15) is 14.4 Å². The predicted octanol–water partition coefficient (Wildman–Crippen LogP) is 2.84. The van der Waals surface area contributed by atoms with Gasteiger partial charge in [0.2, 0.25) is 0 Å². The van der Waals surface area contributed by atoms with E-state index in [0.29, 0.717) is 4.88 Å². The Labute approximate surface area is 139 Å². The molecule has 1 saturated heterocycles. The van der Waals surface area contributed by atoms with E-state index in [1.165, 1.54) is 18.3 Å². The minimum absolute atomic E-state index is 0.163. The minimum Gasteiger partial charge on any atom is -0.465 e. The van der Waals surface area contributed by atoms with Crippen LogP contribution in [-0.2, 0) is 19.1 Å². The van der Waals surface area contributed by atoms with Crippen molar-refractivity contribution >= 4 is 29.2 Å². The molecular formula is C16H21NO5S. The van der Waals surface area contributed by atoms with Gasteiger partial charge in [-0.1, -0.05) is 6.07 Å². The molecule has 0 unspecified atom stereocenters. The number of hydrogen-bond donors (Lipinski definition) is 1. The Balaban J connectivity index is 2.37. The lowest BCUT2D eigenvalue weighted by molar-refractivity contribution is -0.152. The van der Waals surface area contributed by atoms with E-state index in [0.717, 1.165) is 0 Å². The van der Waals surface area contributed by atoms with Crippen LogP contribution in [0.4, 0.5) is 4.79 Å². The molecule has 1 N–H and O–H groups in total. The fourth-order valence-electron chi connectivity index (χ4n) is 2.64. The van der Waals surface area contributed by atoms with Gasteiger partial charge < -0.3 is 14.8 Å². The lowest BCUT2D eigenvalue weighted by atomic mass is 9.75. The molecule has 6 nitrogen and oxygen atoms in total. The van der Waals surface area contributed by atoms with Crippen LogP contribution in [0.25, 0.3) is 0 Å². The van der Waals surface area contributed by atoms with Crippen LogP contribution in [0.3, 0.4) is 0 Å². The quantitative estimate of drug-likeness (QED) is 0.674. The van der Waals surface area contributed by atoms with Gasteiger partial charge in [-0.05, 0) is 39.1 Å². The monoisotopic (exact) mass is 339 g/mol. The molecule has 1 fully saturated rings. The van der Waals surface area contributed by atoms with Gasteiger partial charge in [-0.2, -0.15) is 0 Å². The third-order valence-electron chi connectivity index (χ3n) is 3.70. The number of rotatable bonds is 4. The van der Waals surface area contributed by atoms with Crippen molar-refractivity contribution in [1.29, 1.82) is 0 Å². The molecule has 1 amide bonds. The van der Waals surface area contributed by atoms with E-state index >= 15 is 0 Å². The number of carbonyl (C=O) groups is 3. The van der Waals surface area contributed by atoms with Crippen LogP contribution in [0, 0.1) is 5.41 Å². The molecule has 0 radical (unpaired) electrons. The van der Waals surface area contributed by atoms with Gasteiger partial charge >= 0.3 is 12.1 Å². The summed E-state index contributed by atoms with van der Waals surface area (Å²) in [5, 5.41) is 4.52. The standard InChI is InChI=1S/C16H21NO5S/c1-10(18)16(7-8-21-13(16)19)12(11-6-5-9-23-11)17-14(20)22-15(2,3)4/h5-6,9,12H,7-8H2,1-4H3,(H,17,20)/t12-,16-/m0/s1. The molecule has 2 heterocycles. The first-order chi connectivity index (χ1) is 10.7. The number of amides is 1. The highest BCUT2D eigenvalue weighted by Crippen LogP contribution is 2.44. The Morgan fingerprint density at radius 1 is 1.43 bits per heavy atom. The smallest absolute Gasteiger partial charge is 0.408 e. The Morgan fingerprint density at radius 2 is 2.13 bits per heavy atom. The normalized spacial score (nSPS) is 22.3. The minimum atomic E-state index is -1.40. The molecular weight excluding hydrogens is 318 g/mol. The van der Waals surface area contributed by atoms with Gasteiger partial charge in [0.15, 0.2) is 5.41 Å². The van der Waals surface area contributed by atoms with Crippen LogP contribution in [0.15, 0.2) is 17.5 Å². The predicted molar refractivity (Wildman–Crippen MR) is 85.1 cm³/mol. The molecule has 0 aliphatic carbocycles. The third kappa shape index (κ3) is 3.55. The first-order valence-electron chi connectivity index (χ1n) is 7.38. The average molecular weight is 339 g/mol. The number of cyclic esters (lactones) is 1.